The fourth-order valence-electron chi connectivity index (χ4n) is 2.36. The zero-order valence-corrected chi connectivity index (χ0v) is 16.3. The average Bonchev–Trinajstić information content (AvgIpc) is 2.73. The minimum Gasteiger partial charge on any atom is -0.497 e. The Kier molecular flexibility index (Phi) is 6.39. The van der Waals surface area contributed by atoms with Gasteiger partial charge in [0.25, 0.3) is 5.91 Å². The summed E-state index contributed by atoms with van der Waals surface area (Å²) < 4.78 is 5.09. The first-order chi connectivity index (χ1) is 13.5. The minimum absolute atomic E-state index is 0.00814. The zero-order chi connectivity index (χ0) is 19.9. The minimum atomic E-state index is -0.246. The van der Waals surface area contributed by atoms with Gasteiger partial charge in [-0.15, -0.1) is 10.2 Å². The molecule has 1 aromatic heterocycles. The van der Waals surface area contributed by atoms with E-state index in [2.05, 4.69) is 15.5 Å². The summed E-state index contributed by atoms with van der Waals surface area (Å²) in [6, 6.07) is 17.6. The van der Waals surface area contributed by atoms with Crippen LogP contribution >= 0.6 is 11.8 Å². The molecule has 142 valence electrons. The van der Waals surface area contributed by atoms with Crippen molar-refractivity contribution in [2.45, 2.75) is 11.9 Å². The van der Waals surface area contributed by atoms with Gasteiger partial charge >= 0.3 is 0 Å². The summed E-state index contributed by atoms with van der Waals surface area (Å²) in [5.74, 6) is 1.06. The maximum Gasteiger partial charge on any atom is 0.256 e. The third kappa shape index (κ3) is 5.17. The van der Waals surface area contributed by atoms with Crippen molar-refractivity contribution >= 4 is 29.3 Å². The lowest BCUT2D eigenvalue weighted by Gasteiger charge is -2.05. The number of carbonyl (C=O) groups excluding carboxylic acids is 2. The molecule has 3 rings (SSSR count). The van der Waals surface area contributed by atoms with Gasteiger partial charge in [0, 0.05) is 11.1 Å². The molecular weight excluding hydrogens is 374 g/mol. The van der Waals surface area contributed by atoms with Gasteiger partial charge in [0.2, 0.25) is 0 Å². The van der Waals surface area contributed by atoms with Gasteiger partial charge in [-0.3, -0.25) is 9.59 Å². The van der Waals surface area contributed by atoms with Gasteiger partial charge in [-0.05, 0) is 55.5 Å². The normalized spacial score (nSPS) is 10.4. The second-order valence-electron chi connectivity index (χ2n) is 6.02. The topological polar surface area (TPSA) is 81.2 Å². The van der Waals surface area contributed by atoms with Gasteiger partial charge in [-0.25, -0.2) is 0 Å². The Bertz CT molecular complexity index is 956. The van der Waals surface area contributed by atoms with Crippen LogP contribution in [0.2, 0.25) is 0 Å². The molecule has 0 aliphatic heterocycles. The number of carbonyl (C=O) groups is 2. The average molecular weight is 393 g/mol. The summed E-state index contributed by atoms with van der Waals surface area (Å²) in [5.41, 5.74) is 2.25. The highest BCUT2D eigenvalue weighted by atomic mass is 32.2. The van der Waals surface area contributed by atoms with E-state index in [1.807, 2.05) is 19.1 Å². The van der Waals surface area contributed by atoms with Crippen LogP contribution in [0.15, 0.2) is 65.7 Å². The standard InChI is InChI=1S/C21H19N3O3S/c1-14-3-5-16(6-4-14)21(26)22-19-11-12-20(24-23-19)28-13-18(25)15-7-9-17(27-2)10-8-15/h3-12H,13H2,1-2H3,(H,22,23,26). The second-order valence-corrected chi connectivity index (χ2v) is 7.01. The number of methoxy groups -OCH3 is 1. The Labute approximate surface area is 167 Å². The highest BCUT2D eigenvalue weighted by molar-refractivity contribution is 7.99. The van der Waals surface area contributed by atoms with Crippen LogP contribution in [0, 0.1) is 6.92 Å². The molecule has 0 spiro atoms. The molecule has 1 heterocycles. The molecule has 3 aromatic rings. The predicted octanol–water partition coefficient (Wildman–Crippen LogP) is 4.02. The van der Waals surface area contributed by atoms with Gasteiger partial charge < -0.3 is 10.1 Å². The number of rotatable bonds is 7. The second kappa shape index (κ2) is 9.14. The molecular formula is C21H19N3O3S. The molecule has 0 radical (unpaired) electrons. The van der Waals surface area contributed by atoms with Gasteiger partial charge in [0.1, 0.15) is 10.8 Å². The quantitative estimate of drug-likeness (QED) is 0.482. The van der Waals surface area contributed by atoms with Crippen molar-refractivity contribution in [3.63, 3.8) is 0 Å². The van der Waals surface area contributed by atoms with E-state index in [1.165, 1.54) is 11.8 Å². The lowest BCUT2D eigenvalue weighted by molar-refractivity contribution is 0.101. The van der Waals surface area contributed by atoms with Crippen molar-refractivity contribution < 1.29 is 14.3 Å². The van der Waals surface area contributed by atoms with E-state index in [-0.39, 0.29) is 17.4 Å². The number of hydrogen-bond acceptors (Lipinski definition) is 6. The predicted molar refractivity (Wildman–Crippen MR) is 109 cm³/mol. The Hall–Kier alpha value is -3.19. The zero-order valence-electron chi connectivity index (χ0n) is 15.5. The number of aromatic nitrogens is 2. The van der Waals surface area contributed by atoms with Crippen molar-refractivity contribution in [3.8, 4) is 5.75 Å². The first kappa shape index (κ1) is 19.6. The van der Waals surface area contributed by atoms with Crippen LogP contribution < -0.4 is 10.1 Å². The van der Waals surface area contributed by atoms with Gasteiger partial charge in [-0.2, -0.15) is 0 Å². The SMILES string of the molecule is COc1ccc(C(=O)CSc2ccc(NC(=O)c3ccc(C)cc3)nn2)cc1. The fraction of sp³-hybridized carbons (Fsp3) is 0.143. The van der Waals surface area contributed by atoms with Crippen molar-refractivity contribution in [1.29, 1.82) is 0 Å². The molecule has 2 aromatic carbocycles. The Morgan fingerprint density at radius 2 is 1.61 bits per heavy atom. The molecule has 0 aliphatic rings. The van der Waals surface area contributed by atoms with Crippen molar-refractivity contribution in [2.24, 2.45) is 0 Å². The van der Waals surface area contributed by atoms with Crippen LogP contribution in [0.4, 0.5) is 5.82 Å². The molecule has 0 atom stereocenters. The molecule has 1 amide bonds. The molecule has 1 N–H and O–H groups in total. The number of ether oxygens (including phenoxy) is 1. The number of aryl methyl sites for hydroxylation is 1. The smallest absolute Gasteiger partial charge is 0.256 e. The molecule has 0 saturated carbocycles. The van der Waals surface area contributed by atoms with Gasteiger partial charge in [-0.1, -0.05) is 29.5 Å². The molecule has 28 heavy (non-hydrogen) atoms. The first-order valence-corrected chi connectivity index (χ1v) is 9.55. The monoisotopic (exact) mass is 393 g/mol. The van der Waals surface area contributed by atoms with E-state index >= 15 is 0 Å². The summed E-state index contributed by atoms with van der Waals surface area (Å²) in [5, 5.41) is 11.4. The molecule has 0 unspecified atom stereocenters. The molecule has 0 aliphatic carbocycles. The van der Waals surface area contributed by atoms with E-state index in [1.54, 1.807) is 55.6 Å². The first-order valence-electron chi connectivity index (χ1n) is 8.57. The summed E-state index contributed by atoms with van der Waals surface area (Å²) in [4.78, 5) is 24.4. The van der Waals surface area contributed by atoms with Crippen LogP contribution in [0.5, 0.6) is 5.75 Å². The maximum absolute atomic E-state index is 12.2. The van der Waals surface area contributed by atoms with Crippen LogP contribution in [0.25, 0.3) is 0 Å². The number of nitrogens with zero attached hydrogens (tertiary/aromatic N) is 2. The van der Waals surface area contributed by atoms with E-state index in [4.69, 9.17) is 4.74 Å². The maximum atomic E-state index is 12.2. The van der Waals surface area contributed by atoms with Crippen LogP contribution in [0.1, 0.15) is 26.3 Å². The van der Waals surface area contributed by atoms with Crippen LogP contribution in [0.3, 0.4) is 0 Å². The van der Waals surface area contributed by atoms with Crippen molar-refractivity contribution in [2.75, 3.05) is 18.2 Å². The number of thioether (sulfide) groups is 1. The molecule has 7 heteroatoms. The summed E-state index contributed by atoms with van der Waals surface area (Å²) >= 11 is 1.29. The highest BCUT2D eigenvalue weighted by Crippen LogP contribution is 2.19. The number of nitrogens with one attached hydrogen (secondary N) is 1. The van der Waals surface area contributed by atoms with E-state index < -0.39 is 0 Å². The number of amides is 1. The molecule has 6 nitrogen and oxygen atoms in total. The number of anilines is 1. The Morgan fingerprint density at radius 1 is 0.929 bits per heavy atom. The largest absolute Gasteiger partial charge is 0.497 e. The Morgan fingerprint density at radius 3 is 2.21 bits per heavy atom. The van der Waals surface area contributed by atoms with Crippen LogP contribution in [-0.2, 0) is 0 Å². The fourth-order valence-corrected chi connectivity index (χ4v) is 3.07. The number of benzene rings is 2. The van der Waals surface area contributed by atoms with Crippen LogP contribution in [-0.4, -0.2) is 34.8 Å². The van der Waals surface area contributed by atoms with E-state index in [0.29, 0.717) is 27.7 Å². The van der Waals surface area contributed by atoms with Gasteiger partial charge in [0.05, 0.1) is 12.9 Å². The number of ketones is 1. The van der Waals surface area contributed by atoms with E-state index in [0.717, 1.165) is 5.56 Å². The number of Topliss-reactive ketones (excluding diaryl/α,β-unsaturated/α-hetero) is 1. The van der Waals surface area contributed by atoms with Gasteiger partial charge in [0.15, 0.2) is 11.6 Å². The Balaban J connectivity index is 1.54. The third-order valence-corrected chi connectivity index (χ3v) is 4.88. The highest BCUT2D eigenvalue weighted by Gasteiger charge is 2.10. The van der Waals surface area contributed by atoms with Crippen molar-refractivity contribution in [3.05, 3.63) is 77.4 Å². The summed E-state index contributed by atoms with van der Waals surface area (Å²) in [6.45, 7) is 1.96. The van der Waals surface area contributed by atoms with E-state index in [9.17, 15) is 9.59 Å². The molecule has 0 bridgehead atoms. The summed E-state index contributed by atoms with van der Waals surface area (Å²) in [7, 11) is 1.58. The lowest BCUT2D eigenvalue weighted by Crippen LogP contribution is -2.13. The van der Waals surface area contributed by atoms with Crippen molar-refractivity contribution in [1.82, 2.24) is 10.2 Å². The number of hydrogen-bond donors (Lipinski definition) is 1. The molecule has 0 fully saturated rings. The molecule has 0 saturated heterocycles. The third-order valence-electron chi connectivity index (χ3n) is 3.96. The summed E-state index contributed by atoms with van der Waals surface area (Å²) in [6.07, 6.45) is 0. The lowest BCUT2D eigenvalue weighted by atomic mass is 10.1.